The number of carbonyl (C=O) groups excluding carboxylic acids is 2. The SMILES string of the molecule is Cc1cccc(C)c1NCC(=O)Nc1cccc(C(=O)NC2CC2)c1. The molecule has 5 nitrogen and oxygen atoms in total. The molecule has 1 aliphatic rings. The fraction of sp³-hybridized carbons (Fsp3) is 0.300. The summed E-state index contributed by atoms with van der Waals surface area (Å²) in [6.45, 7) is 4.19. The van der Waals surface area contributed by atoms with E-state index in [0.717, 1.165) is 29.7 Å². The summed E-state index contributed by atoms with van der Waals surface area (Å²) in [5.41, 5.74) is 4.37. The Hall–Kier alpha value is -2.82. The minimum absolute atomic E-state index is 0.0905. The number of para-hydroxylation sites is 1. The third-order valence-corrected chi connectivity index (χ3v) is 4.23. The monoisotopic (exact) mass is 337 g/mol. The predicted molar refractivity (Wildman–Crippen MR) is 100.0 cm³/mol. The van der Waals surface area contributed by atoms with Gasteiger partial charge in [-0.15, -0.1) is 0 Å². The molecule has 2 aromatic rings. The van der Waals surface area contributed by atoms with Crippen molar-refractivity contribution < 1.29 is 9.59 Å². The molecule has 0 aromatic heterocycles. The van der Waals surface area contributed by atoms with Crippen molar-refractivity contribution in [1.82, 2.24) is 5.32 Å². The summed E-state index contributed by atoms with van der Waals surface area (Å²) in [6, 6.07) is 13.3. The second kappa shape index (κ2) is 7.38. The molecule has 0 heterocycles. The topological polar surface area (TPSA) is 70.2 Å². The highest BCUT2D eigenvalue weighted by atomic mass is 16.2. The third kappa shape index (κ3) is 4.59. The van der Waals surface area contributed by atoms with Crippen molar-refractivity contribution >= 4 is 23.2 Å². The summed E-state index contributed by atoms with van der Waals surface area (Å²) in [5, 5.41) is 8.96. The van der Waals surface area contributed by atoms with Crippen LogP contribution in [0.2, 0.25) is 0 Å². The molecule has 0 aliphatic heterocycles. The lowest BCUT2D eigenvalue weighted by molar-refractivity contribution is -0.114. The lowest BCUT2D eigenvalue weighted by Gasteiger charge is -2.13. The van der Waals surface area contributed by atoms with Crippen molar-refractivity contribution in [3.8, 4) is 0 Å². The van der Waals surface area contributed by atoms with Crippen LogP contribution in [0.5, 0.6) is 0 Å². The lowest BCUT2D eigenvalue weighted by Crippen LogP contribution is -2.26. The van der Waals surface area contributed by atoms with E-state index < -0.39 is 0 Å². The minimum Gasteiger partial charge on any atom is -0.376 e. The molecule has 2 aromatic carbocycles. The van der Waals surface area contributed by atoms with E-state index in [1.54, 1.807) is 24.3 Å². The van der Waals surface area contributed by atoms with Gasteiger partial charge in [0.25, 0.3) is 5.91 Å². The Balaban J connectivity index is 1.58. The van der Waals surface area contributed by atoms with Crippen LogP contribution in [-0.2, 0) is 4.79 Å². The maximum absolute atomic E-state index is 12.2. The number of rotatable bonds is 6. The standard InChI is InChI=1S/C20H23N3O2/c1-13-5-3-6-14(2)19(13)21-12-18(24)22-17-8-4-7-15(11-17)20(25)23-16-9-10-16/h3-8,11,16,21H,9-10,12H2,1-2H3,(H,22,24)(H,23,25). The van der Waals surface area contributed by atoms with E-state index in [2.05, 4.69) is 16.0 Å². The molecule has 25 heavy (non-hydrogen) atoms. The highest BCUT2D eigenvalue weighted by Gasteiger charge is 2.23. The van der Waals surface area contributed by atoms with Crippen molar-refractivity contribution in [3.63, 3.8) is 0 Å². The summed E-state index contributed by atoms with van der Waals surface area (Å²) < 4.78 is 0. The fourth-order valence-electron chi connectivity index (χ4n) is 2.70. The zero-order valence-electron chi connectivity index (χ0n) is 14.6. The van der Waals surface area contributed by atoms with Crippen molar-refractivity contribution in [2.45, 2.75) is 32.7 Å². The number of anilines is 2. The Bertz CT molecular complexity index is 777. The first kappa shape index (κ1) is 17.0. The van der Waals surface area contributed by atoms with E-state index in [-0.39, 0.29) is 18.4 Å². The van der Waals surface area contributed by atoms with Crippen molar-refractivity contribution in [2.24, 2.45) is 0 Å². The van der Waals surface area contributed by atoms with Gasteiger partial charge in [0.1, 0.15) is 0 Å². The van der Waals surface area contributed by atoms with Crippen molar-refractivity contribution in [2.75, 3.05) is 17.2 Å². The normalized spacial score (nSPS) is 13.2. The van der Waals surface area contributed by atoms with Crippen LogP contribution in [0.3, 0.4) is 0 Å². The van der Waals surface area contributed by atoms with Crippen LogP contribution in [0.1, 0.15) is 34.3 Å². The van der Waals surface area contributed by atoms with Gasteiger partial charge in [-0.05, 0) is 56.0 Å². The van der Waals surface area contributed by atoms with E-state index in [9.17, 15) is 9.59 Å². The number of carbonyl (C=O) groups is 2. The first-order valence-electron chi connectivity index (χ1n) is 8.54. The van der Waals surface area contributed by atoms with Gasteiger partial charge in [-0.2, -0.15) is 0 Å². The van der Waals surface area contributed by atoms with Gasteiger partial charge in [-0.3, -0.25) is 9.59 Å². The quantitative estimate of drug-likeness (QED) is 0.758. The molecule has 5 heteroatoms. The Morgan fingerprint density at radius 1 is 1.04 bits per heavy atom. The highest BCUT2D eigenvalue weighted by molar-refractivity contribution is 5.98. The summed E-state index contributed by atoms with van der Waals surface area (Å²) in [6.07, 6.45) is 2.10. The van der Waals surface area contributed by atoms with Gasteiger partial charge in [-0.25, -0.2) is 0 Å². The van der Waals surface area contributed by atoms with Crippen LogP contribution < -0.4 is 16.0 Å². The zero-order chi connectivity index (χ0) is 17.8. The molecule has 2 amide bonds. The lowest BCUT2D eigenvalue weighted by atomic mass is 10.1. The van der Waals surface area contributed by atoms with Crippen LogP contribution >= 0.6 is 0 Å². The maximum atomic E-state index is 12.2. The van der Waals surface area contributed by atoms with Crippen molar-refractivity contribution in [3.05, 3.63) is 59.2 Å². The molecule has 0 radical (unpaired) electrons. The summed E-state index contributed by atoms with van der Waals surface area (Å²) >= 11 is 0. The van der Waals surface area contributed by atoms with Gasteiger partial charge in [-0.1, -0.05) is 24.3 Å². The van der Waals surface area contributed by atoms with Crippen LogP contribution in [-0.4, -0.2) is 24.4 Å². The Kier molecular flexibility index (Phi) is 5.03. The van der Waals surface area contributed by atoms with E-state index >= 15 is 0 Å². The smallest absolute Gasteiger partial charge is 0.251 e. The molecule has 3 rings (SSSR count). The molecule has 0 spiro atoms. The third-order valence-electron chi connectivity index (χ3n) is 4.23. The molecule has 1 fully saturated rings. The van der Waals surface area contributed by atoms with Crippen LogP contribution in [0.4, 0.5) is 11.4 Å². The van der Waals surface area contributed by atoms with Gasteiger partial charge in [0.15, 0.2) is 0 Å². The first-order chi connectivity index (χ1) is 12.0. The average molecular weight is 337 g/mol. The molecule has 1 aliphatic carbocycles. The second-order valence-corrected chi connectivity index (χ2v) is 6.50. The number of amides is 2. The predicted octanol–water partition coefficient (Wildman–Crippen LogP) is 3.25. The fourth-order valence-corrected chi connectivity index (χ4v) is 2.70. The average Bonchev–Trinajstić information content (AvgIpc) is 3.38. The van der Waals surface area contributed by atoms with Gasteiger partial charge in [0, 0.05) is 23.0 Å². The van der Waals surface area contributed by atoms with Crippen LogP contribution in [0.25, 0.3) is 0 Å². The minimum atomic E-state index is -0.151. The molecule has 0 atom stereocenters. The number of hydrogen-bond donors (Lipinski definition) is 3. The van der Waals surface area contributed by atoms with E-state index in [0.29, 0.717) is 17.3 Å². The van der Waals surface area contributed by atoms with E-state index in [1.165, 1.54) is 0 Å². The maximum Gasteiger partial charge on any atom is 0.251 e. The highest BCUT2D eigenvalue weighted by Crippen LogP contribution is 2.20. The van der Waals surface area contributed by atoms with Gasteiger partial charge in [0.2, 0.25) is 5.91 Å². The summed E-state index contributed by atoms with van der Waals surface area (Å²) in [7, 11) is 0. The van der Waals surface area contributed by atoms with Crippen molar-refractivity contribution in [1.29, 1.82) is 0 Å². The molecular weight excluding hydrogens is 314 g/mol. The second-order valence-electron chi connectivity index (χ2n) is 6.50. The van der Waals surface area contributed by atoms with Gasteiger partial charge in [0.05, 0.1) is 6.54 Å². The van der Waals surface area contributed by atoms with Gasteiger partial charge < -0.3 is 16.0 Å². The Morgan fingerprint density at radius 3 is 2.40 bits per heavy atom. The van der Waals surface area contributed by atoms with Gasteiger partial charge >= 0.3 is 0 Å². The number of hydrogen-bond acceptors (Lipinski definition) is 3. The summed E-state index contributed by atoms with van der Waals surface area (Å²) in [4.78, 5) is 24.3. The van der Waals surface area contributed by atoms with Crippen LogP contribution in [0.15, 0.2) is 42.5 Å². The molecule has 0 unspecified atom stereocenters. The molecule has 130 valence electrons. The van der Waals surface area contributed by atoms with E-state index in [4.69, 9.17) is 0 Å². The molecule has 3 N–H and O–H groups in total. The summed E-state index contributed by atoms with van der Waals surface area (Å²) in [5.74, 6) is -0.241. The Morgan fingerprint density at radius 2 is 1.72 bits per heavy atom. The molecule has 0 saturated heterocycles. The molecule has 1 saturated carbocycles. The number of benzene rings is 2. The molecular formula is C20H23N3O2. The Labute approximate surface area is 147 Å². The first-order valence-corrected chi connectivity index (χ1v) is 8.54. The van der Waals surface area contributed by atoms with Crippen LogP contribution in [0, 0.1) is 13.8 Å². The zero-order valence-corrected chi connectivity index (χ0v) is 14.6. The largest absolute Gasteiger partial charge is 0.376 e. The van der Waals surface area contributed by atoms with E-state index in [1.807, 2.05) is 32.0 Å². The number of nitrogens with one attached hydrogen (secondary N) is 3. The molecule has 0 bridgehead atoms. The number of aryl methyl sites for hydroxylation is 2.